The van der Waals surface area contributed by atoms with E-state index in [1.165, 1.54) is 11.3 Å². The van der Waals surface area contributed by atoms with Gasteiger partial charge in [0.1, 0.15) is 5.00 Å². The smallest absolute Gasteiger partial charge is 0.256 e. The average molecular weight is 378 g/mol. The molecule has 0 bridgehead atoms. The molecule has 5 heteroatoms. The van der Waals surface area contributed by atoms with Crippen LogP contribution in [0.2, 0.25) is 0 Å². The summed E-state index contributed by atoms with van der Waals surface area (Å²) < 4.78 is 0. The predicted octanol–water partition coefficient (Wildman–Crippen LogP) is 5.05. The van der Waals surface area contributed by atoms with Gasteiger partial charge in [0, 0.05) is 17.0 Å². The summed E-state index contributed by atoms with van der Waals surface area (Å²) in [6.45, 7) is 4.58. The van der Waals surface area contributed by atoms with Crippen LogP contribution in [-0.4, -0.2) is 11.8 Å². The SMILES string of the molecule is CC(C)c1cc(C(=O)NCc2ccccc2)c(NC(=O)c2ccccc2)s1. The van der Waals surface area contributed by atoms with E-state index in [0.717, 1.165) is 10.4 Å². The van der Waals surface area contributed by atoms with E-state index in [4.69, 9.17) is 0 Å². The molecule has 0 atom stereocenters. The Morgan fingerprint density at radius 1 is 0.926 bits per heavy atom. The van der Waals surface area contributed by atoms with E-state index in [1.807, 2.05) is 54.6 Å². The molecule has 0 aliphatic carbocycles. The summed E-state index contributed by atoms with van der Waals surface area (Å²) in [6.07, 6.45) is 0. The highest BCUT2D eigenvalue weighted by Gasteiger charge is 2.19. The second-order valence-electron chi connectivity index (χ2n) is 6.53. The summed E-state index contributed by atoms with van der Waals surface area (Å²) in [5.41, 5.74) is 2.09. The number of carbonyl (C=O) groups is 2. The molecule has 0 unspecified atom stereocenters. The number of rotatable bonds is 6. The number of amides is 2. The molecule has 2 aromatic carbocycles. The third-order valence-corrected chi connectivity index (χ3v) is 5.47. The van der Waals surface area contributed by atoms with Crippen LogP contribution in [0.1, 0.15) is 50.9 Å². The van der Waals surface area contributed by atoms with Gasteiger partial charge in [-0.3, -0.25) is 9.59 Å². The topological polar surface area (TPSA) is 58.2 Å². The fourth-order valence-corrected chi connectivity index (χ4v) is 3.65. The first-order valence-corrected chi connectivity index (χ1v) is 9.68. The van der Waals surface area contributed by atoms with Gasteiger partial charge in [-0.05, 0) is 29.7 Å². The Morgan fingerprint density at radius 3 is 2.19 bits per heavy atom. The number of hydrogen-bond acceptors (Lipinski definition) is 3. The Morgan fingerprint density at radius 2 is 1.56 bits per heavy atom. The van der Waals surface area contributed by atoms with Crippen LogP contribution < -0.4 is 10.6 Å². The van der Waals surface area contributed by atoms with Crippen LogP contribution in [0, 0.1) is 0 Å². The molecule has 3 aromatic rings. The van der Waals surface area contributed by atoms with Crippen molar-refractivity contribution in [3.63, 3.8) is 0 Å². The summed E-state index contributed by atoms with van der Waals surface area (Å²) in [5, 5.41) is 6.42. The Balaban J connectivity index is 1.79. The molecular formula is C22H22N2O2S. The van der Waals surface area contributed by atoms with Crippen LogP contribution in [0.4, 0.5) is 5.00 Å². The second kappa shape index (κ2) is 8.64. The molecule has 0 spiro atoms. The largest absolute Gasteiger partial charge is 0.348 e. The highest BCUT2D eigenvalue weighted by atomic mass is 32.1. The van der Waals surface area contributed by atoms with Crippen LogP contribution in [0.25, 0.3) is 0 Å². The lowest BCUT2D eigenvalue weighted by atomic mass is 10.1. The molecule has 3 rings (SSSR count). The number of anilines is 1. The van der Waals surface area contributed by atoms with Gasteiger partial charge in [-0.1, -0.05) is 62.4 Å². The van der Waals surface area contributed by atoms with E-state index in [9.17, 15) is 9.59 Å². The first kappa shape index (κ1) is 18.9. The summed E-state index contributed by atoms with van der Waals surface area (Å²) >= 11 is 1.45. The Kier molecular flexibility index (Phi) is 6.04. The molecule has 1 heterocycles. The molecule has 0 saturated heterocycles. The normalized spacial score (nSPS) is 10.6. The first-order chi connectivity index (χ1) is 13.0. The fraction of sp³-hybridized carbons (Fsp3) is 0.182. The van der Waals surface area contributed by atoms with Gasteiger partial charge in [0.15, 0.2) is 0 Å². The van der Waals surface area contributed by atoms with Crippen LogP contribution in [-0.2, 0) is 6.54 Å². The van der Waals surface area contributed by atoms with Crippen molar-refractivity contribution in [3.8, 4) is 0 Å². The zero-order chi connectivity index (χ0) is 19.2. The molecule has 2 amide bonds. The van der Waals surface area contributed by atoms with Crippen LogP contribution in [0.15, 0.2) is 66.7 Å². The van der Waals surface area contributed by atoms with Gasteiger partial charge in [0.25, 0.3) is 11.8 Å². The molecule has 0 saturated carbocycles. The molecule has 4 nitrogen and oxygen atoms in total. The fourth-order valence-electron chi connectivity index (χ4n) is 2.59. The van der Waals surface area contributed by atoms with Crippen molar-refractivity contribution in [2.24, 2.45) is 0 Å². The maximum absolute atomic E-state index is 12.7. The standard InChI is InChI=1S/C22H22N2O2S/c1-15(2)19-13-18(21(26)23-14-16-9-5-3-6-10-16)22(27-19)24-20(25)17-11-7-4-8-12-17/h3-13,15H,14H2,1-2H3,(H,23,26)(H,24,25). The lowest BCUT2D eigenvalue weighted by Crippen LogP contribution is -2.24. The first-order valence-electron chi connectivity index (χ1n) is 8.87. The van der Waals surface area contributed by atoms with Crippen LogP contribution >= 0.6 is 11.3 Å². The molecule has 2 N–H and O–H groups in total. The lowest BCUT2D eigenvalue weighted by Gasteiger charge is -2.08. The van der Waals surface area contributed by atoms with Gasteiger partial charge in [-0.25, -0.2) is 0 Å². The summed E-state index contributed by atoms with van der Waals surface area (Å²) in [4.78, 5) is 26.3. The third-order valence-electron chi connectivity index (χ3n) is 4.12. The Labute approximate surface area is 163 Å². The van der Waals surface area contributed by atoms with Crippen molar-refractivity contribution < 1.29 is 9.59 Å². The maximum Gasteiger partial charge on any atom is 0.256 e. The van der Waals surface area contributed by atoms with E-state index < -0.39 is 0 Å². The van der Waals surface area contributed by atoms with E-state index in [-0.39, 0.29) is 17.7 Å². The number of carbonyl (C=O) groups excluding carboxylic acids is 2. The second-order valence-corrected chi connectivity index (χ2v) is 7.62. The van der Waals surface area contributed by atoms with Crippen molar-refractivity contribution in [3.05, 3.63) is 88.3 Å². The number of thiophene rings is 1. The minimum atomic E-state index is -0.218. The number of hydrogen-bond donors (Lipinski definition) is 2. The van der Waals surface area contributed by atoms with Crippen molar-refractivity contribution in [2.45, 2.75) is 26.3 Å². The molecule has 1 aromatic heterocycles. The van der Waals surface area contributed by atoms with Gasteiger partial charge < -0.3 is 10.6 Å². The van der Waals surface area contributed by atoms with E-state index in [2.05, 4.69) is 24.5 Å². The Bertz CT molecular complexity index is 918. The zero-order valence-electron chi connectivity index (χ0n) is 15.4. The molecule has 138 valence electrons. The van der Waals surface area contributed by atoms with Crippen molar-refractivity contribution in [1.82, 2.24) is 5.32 Å². The highest BCUT2D eigenvalue weighted by Crippen LogP contribution is 2.33. The Hall–Kier alpha value is -2.92. The predicted molar refractivity (Wildman–Crippen MR) is 110 cm³/mol. The monoisotopic (exact) mass is 378 g/mol. The summed E-state index contributed by atoms with van der Waals surface area (Å²) in [6, 6.07) is 20.6. The summed E-state index contributed by atoms with van der Waals surface area (Å²) in [7, 11) is 0. The minimum Gasteiger partial charge on any atom is -0.348 e. The number of nitrogens with one attached hydrogen (secondary N) is 2. The quantitative estimate of drug-likeness (QED) is 0.630. The van der Waals surface area contributed by atoms with Crippen molar-refractivity contribution in [1.29, 1.82) is 0 Å². The molecule has 27 heavy (non-hydrogen) atoms. The van der Waals surface area contributed by atoms with E-state index in [0.29, 0.717) is 22.7 Å². The lowest BCUT2D eigenvalue weighted by molar-refractivity contribution is 0.0952. The molecule has 0 radical (unpaired) electrons. The van der Waals surface area contributed by atoms with Crippen molar-refractivity contribution in [2.75, 3.05) is 5.32 Å². The van der Waals surface area contributed by atoms with Gasteiger partial charge in [-0.2, -0.15) is 0 Å². The average Bonchev–Trinajstić information content (AvgIpc) is 3.12. The van der Waals surface area contributed by atoms with Gasteiger partial charge in [-0.15, -0.1) is 11.3 Å². The molecular weight excluding hydrogens is 356 g/mol. The van der Waals surface area contributed by atoms with Gasteiger partial charge in [0.2, 0.25) is 0 Å². The highest BCUT2D eigenvalue weighted by molar-refractivity contribution is 7.16. The van der Waals surface area contributed by atoms with Crippen LogP contribution in [0.3, 0.4) is 0 Å². The van der Waals surface area contributed by atoms with E-state index >= 15 is 0 Å². The van der Waals surface area contributed by atoms with Gasteiger partial charge >= 0.3 is 0 Å². The minimum absolute atomic E-state index is 0.189. The van der Waals surface area contributed by atoms with Crippen LogP contribution in [0.5, 0.6) is 0 Å². The zero-order valence-corrected chi connectivity index (χ0v) is 16.2. The molecule has 0 fully saturated rings. The number of benzene rings is 2. The molecule has 0 aliphatic heterocycles. The third kappa shape index (κ3) is 4.83. The molecule has 0 aliphatic rings. The maximum atomic E-state index is 12.7. The van der Waals surface area contributed by atoms with Crippen molar-refractivity contribution >= 4 is 28.2 Å². The van der Waals surface area contributed by atoms with E-state index in [1.54, 1.807) is 12.1 Å². The summed E-state index contributed by atoms with van der Waals surface area (Å²) in [5.74, 6) is -0.131. The van der Waals surface area contributed by atoms with Gasteiger partial charge in [0.05, 0.1) is 5.56 Å².